The predicted molar refractivity (Wildman–Crippen MR) is 214 cm³/mol. The number of halogens is 4. The van der Waals surface area contributed by atoms with Crippen LogP contribution in [0.5, 0.6) is 0 Å². The highest BCUT2D eigenvalue weighted by Gasteiger charge is 2.40. The molecule has 4 aromatic rings. The van der Waals surface area contributed by atoms with Gasteiger partial charge in [-0.15, -0.1) is 0 Å². The summed E-state index contributed by atoms with van der Waals surface area (Å²) < 4.78 is 41.6. The van der Waals surface area contributed by atoms with Crippen LogP contribution in [0.15, 0.2) is 36.4 Å². The summed E-state index contributed by atoms with van der Waals surface area (Å²) in [6, 6.07) is 6.72. The maximum atomic E-state index is 13.7. The quantitative estimate of drug-likeness (QED) is 0.240. The molecule has 4 aliphatic heterocycles. The van der Waals surface area contributed by atoms with Crippen LogP contribution in [0.4, 0.5) is 34.5 Å². The van der Waals surface area contributed by atoms with Crippen LogP contribution >= 0.6 is 23.2 Å². The summed E-state index contributed by atoms with van der Waals surface area (Å²) in [7, 11) is 2.84. The van der Waals surface area contributed by atoms with Gasteiger partial charge in [0.05, 0.1) is 47.6 Å². The normalized spacial score (nSPS) is 19.6. The number of nitrogens with one attached hydrogen (secondary N) is 2. The third-order valence-electron chi connectivity index (χ3n) is 11.0. The fraction of sp³-hybridized carbons (Fsp3) is 0.410. The molecule has 62 heavy (non-hydrogen) atoms. The number of carbonyl (C=O) groups excluding carboxylic acids is 5. The molecule has 6 amide bonds. The Bertz CT molecular complexity index is 2320. The first-order valence-electron chi connectivity index (χ1n) is 19.5. The summed E-state index contributed by atoms with van der Waals surface area (Å²) in [4.78, 5) is 81.7. The van der Waals surface area contributed by atoms with Gasteiger partial charge in [-0.25, -0.2) is 33.3 Å². The van der Waals surface area contributed by atoms with E-state index in [9.17, 15) is 32.8 Å². The number of carbonyl (C=O) groups is 5. The lowest BCUT2D eigenvalue weighted by Gasteiger charge is -2.28. The molecule has 0 fully saturated rings. The zero-order chi connectivity index (χ0) is 44.1. The van der Waals surface area contributed by atoms with Crippen molar-refractivity contribution in [3.8, 4) is 0 Å². The number of ether oxygens (including phenoxy) is 2. The van der Waals surface area contributed by atoms with Crippen LogP contribution in [-0.2, 0) is 58.2 Å². The second-order valence-corrected chi connectivity index (χ2v) is 16.0. The van der Waals surface area contributed by atoms with Crippen LogP contribution in [0.25, 0.3) is 0 Å². The highest BCUT2D eigenvalue weighted by Crippen LogP contribution is 2.30. The topological polar surface area (TPSA) is 195 Å². The Balaban J connectivity index is 0.893. The number of anilines is 2. The van der Waals surface area contributed by atoms with Crippen molar-refractivity contribution in [2.45, 2.75) is 77.3 Å². The van der Waals surface area contributed by atoms with Gasteiger partial charge in [-0.1, -0.05) is 23.2 Å². The first-order valence-corrected chi connectivity index (χ1v) is 20.3. The van der Waals surface area contributed by atoms with Crippen molar-refractivity contribution in [3.05, 3.63) is 92.0 Å². The fourth-order valence-electron chi connectivity index (χ4n) is 7.65. The lowest BCUT2D eigenvalue weighted by molar-refractivity contribution is -0.192. The summed E-state index contributed by atoms with van der Waals surface area (Å²) in [6.45, 7) is 3.87. The van der Waals surface area contributed by atoms with Gasteiger partial charge in [-0.3, -0.25) is 28.6 Å². The summed E-state index contributed by atoms with van der Waals surface area (Å²) in [5.41, 5.74) is 3.36. The molecule has 6 heterocycles. The number of benzene rings is 2. The van der Waals surface area contributed by atoms with E-state index < -0.39 is 66.1 Å². The highest BCUT2D eigenvalue weighted by molar-refractivity contribution is 6.31. The number of amides is 6. The first kappa shape index (κ1) is 42.7. The second kappa shape index (κ2) is 17.0. The van der Waals surface area contributed by atoms with E-state index in [0.717, 1.165) is 22.3 Å². The van der Waals surface area contributed by atoms with Crippen LogP contribution in [0.3, 0.4) is 0 Å². The highest BCUT2D eigenvalue weighted by atomic mass is 35.5. The van der Waals surface area contributed by atoms with Gasteiger partial charge < -0.3 is 29.9 Å². The molecule has 328 valence electrons. The van der Waals surface area contributed by atoms with Crippen molar-refractivity contribution in [1.29, 1.82) is 0 Å². The molecule has 0 radical (unpaired) electrons. The fourth-order valence-corrected chi connectivity index (χ4v) is 8.02. The number of hydroxylamine groups is 4. The number of fused-ring (bicyclic) bond motifs is 6. The predicted octanol–water partition coefficient (Wildman–Crippen LogP) is 5.25. The average molecular weight is 902 g/mol. The zero-order valence-corrected chi connectivity index (χ0v) is 35.2. The zero-order valence-electron chi connectivity index (χ0n) is 33.7. The Kier molecular flexibility index (Phi) is 11.7. The standard InChI is InChI=1S/C39H40Cl2F2N10O9/c1-19(31-17-52-33(35(54)48(3)61-31)23-15-50(11-9-29(23)46-52)37(56)44-21-5-7-27(42)25(40)13-21)59-39(58)60-20(2)32-18-53-34(36(55)49(4)62-32)24-16-51(12-10-30(24)47-53)38(57)45-22-6-8-28(43)26(41)14-22/h5-8,13-14,19-20,31-32H,9-12,15-18H2,1-4H3,(H,44,56)(H,45,57). The van der Waals surface area contributed by atoms with Crippen molar-refractivity contribution in [1.82, 2.24) is 39.5 Å². The Hall–Kier alpha value is -6.03. The molecular formula is C39H40Cl2F2N10O9. The number of nitrogens with zero attached hydrogens (tertiary/aromatic N) is 8. The van der Waals surface area contributed by atoms with Gasteiger partial charge in [0.2, 0.25) is 0 Å². The Labute approximate surface area is 362 Å². The largest absolute Gasteiger partial charge is 0.508 e. The number of rotatable bonds is 6. The number of hydrogen-bond acceptors (Lipinski definition) is 11. The Morgan fingerprint density at radius 1 is 0.726 bits per heavy atom. The molecule has 23 heteroatoms. The Morgan fingerprint density at radius 2 is 1.13 bits per heavy atom. The molecule has 8 rings (SSSR count). The van der Waals surface area contributed by atoms with Crippen LogP contribution in [0.1, 0.15) is 57.3 Å². The van der Waals surface area contributed by atoms with Gasteiger partial charge in [0, 0.05) is 62.5 Å². The molecule has 0 saturated carbocycles. The summed E-state index contributed by atoms with van der Waals surface area (Å²) >= 11 is 11.7. The smallest absolute Gasteiger partial charge is 0.428 e. The molecule has 0 bridgehead atoms. The summed E-state index contributed by atoms with van der Waals surface area (Å²) in [5, 5.41) is 16.5. The van der Waals surface area contributed by atoms with E-state index >= 15 is 0 Å². The molecule has 2 aromatic heterocycles. The van der Waals surface area contributed by atoms with Crippen molar-refractivity contribution in [3.63, 3.8) is 0 Å². The lowest BCUT2D eigenvalue weighted by atomic mass is 10.1. The average Bonchev–Trinajstić information content (AvgIpc) is 3.70. The van der Waals surface area contributed by atoms with Crippen molar-refractivity contribution < 1.29 is 51.9 Å². The maximum Gasteiger partial charge on any atom is 0.508 e. The number of urea groups is 2. The molecule has 19 nitrogen and oxygen atoms in total. The van der Waals surface area contributed by atoms with E-state index in [0.29, 0.717) is 59.8 Å². The monoisotopic (exact) mass is 900 g/mol. The maximum absolute atomic E-state index is 13.7. The number of hydrogen-bond donors (Lipinski definition) is 2. The summed E-state index contributed by atoms with van der Waals surface area (Å²) in [6.07, 6.45) is -4.10. The van der Waals surface area contributed by atoms with Gasteiger partial charge in [-0.2, -0.15) is 10.2 Å². The van der Waals surface area contributed by atoms with Crippen molar-refractivity contribution >= 4 is 64.6 Å². The molecular weight excluding hydrogens is 861 g/mol. The van der Waals surface area contributed by atoms with Crippen LogP contribution in [0, 0.1) is 11.6 Å². The van der Waals surface area contributed by atoms with E-state index in [4.69, 9.17) is 42.4 Å². The molecule has 4 atom stereocenters. The van der Waals surface area contributed by atoms with E-state index in [1.54, 1.807) is 13.8 Å². The van der Waals surface area contributed by atoms with Gasteiger partial charge in [0.25, 0.3) is 11.8 Å². The lowest BCUT2D eigenvalue weighted by Crippen LogP contribution is -2.42. The third-order valence-corrected chi connectivity index (χ3v) is 11.6. The minimum absolute atomic E-state index is 0.00769. The molecule has 0 aliphatic carbocycles. The van der Waals surface area contributed by atoms with Crippen LogP contribution in [0.2, 0.25) is 10.0 Å². The van der Waals surface area contributed by atoms with Gasteiger partial charge in [-0.05, 0) is 50.2 Å². The summed E-state index contributed by atoms with van der Waals surface area (Å²) in [5.74, 6) is -2.28. The van der Waals surface area contributed by atoms with Crippen LogP contribution in [-0.4, -0.2) is 121 Å². The van der Waals surface area contributed by atoms with E-state index in [-0.39, 0.29) is 47.6 Å². The van der Waals surface area contributed by atoms with Crippen molar-refractivity contribution in [2.75, 3.05) is 37.8 Å². The molecule has 4 unspecified atom stereocenters. The van der Waals surface area contributed by atoms with Gasteiger partial charge in [0.15, 0.2) is 0 Å². The minimum Gasteiger partial charge on any atom is -0.428 e. The first-order chi connectivity index (χ1) is 29.5. The van der Waals surface area contributed by atoms with E-state index in [2.05, 4.69) is 20.8 Å². The van der Waals surface area contributed by atoms with Crippen molar-refractivity contribution in [2.24, 2.45) is 0 Å². The molecule has 0 spiro atoms. The van der Waals surface area contributed by atoms with Crippen LogP contribution < -0.4 is 10.6 Å². The SMILES string of the molecule is CC(OC(=O)OC(C)C1Cn2nc3c(c2C(=O)N(C)O1)CN(C(=O)Nc1ccc(F)c(Cl)c1)CC3)C1Cn2nc3c(c2C(=O)N(C)O1)CN(C(=O)Nc1ccc(F)c(Cl)c1)CC3. The third kappa shape index (κ3) is 8.44. The molecule has 0 saturated heterocycles. The second-order valence-electron chi connectivity index (χ2n) is 15.2. The van der Waals surface area contributed by atoms with E-state index in [1.165, 1.54) is 57.5 Å². The molecule has 2 aromatic carbocycles. The van der Waals surface area contributed by atoms with Gasteiger partial charge in [0.1, 0.15) is 47.4 Å². The molecule has 4 aliphatic rings. The van der Waals surface area contributed by atoms with E-state index in [1.807, 2.05) is 0 Å². The minimum atomic E-state index is -1.07. The number of aromatic nitrogens is 4. The van der Waals surface area contributed by atoms with Gasteiger partial charge >= 0.3 is 18.2 Å². The molecule has 2 N–H and O–H groups in total. The Morgan fingerprint density at radius 3 is 1.52 bits per heavy atom.